The first kappa shape index (κ1) is 15.9. The Morgan fingerprint density at radius 1 is 1.18 bits per heavy atom. The zero-order valence-electron chi connectivity index (χ0n) is 12.0. The van der Waals surface area contributed by atoms with Crippen molar-refractivity contribution in [3.05, 3.63) is 35.1 Å². The van der Waals surface area contributed by atoms with Gasteiger partial charge in [0.05, 0.1) is 13.1 Å². The van der Waals surface area contributed by atoms with Crippen molar-refractivity contribution >= 4 is 35.1 Å². The summed E-state index contributed by atoms with van der Waals surface area (Å²) in [5.74, 6) is 0.356. The minimum absolute atomic E-state index is 0.0570. The second-order valence-electron chi connectivity index (χ2n) is 4.70. The van der Waals surface area contributed by atoms with Crippen LogP contribution in [0.3, 0.4) is 0 Å². The summed E-state index contributed by atoms with van der Waals surface area (Å²) in [5.41, 5.74) is 11.7. The Hall–Kier alpha value is -2.45. The van der Waals surface area contributed by atoms with Crippen LogP contribution in [0.25, 0.3) is 0 Å². The molecule has 1 aromatic heterocycles. The predicted octanol–water partition coefficient (Wildman–Crippen LogP) is 0.760. The molecule has 0 aliphatic carbocycles. The third-order valence-corrected chi connectivity index (χ3v) is 2.92. The fourth-order valence-corrected chi connectivity index (χ4v) is 1.93. The lowest BCUT2D eigenvalue weighted by atomic mass is 10.3. The molecule has 22 heavy (non-hydrogen) atoms. The van der Waals surface area contributed by atoms with Crippen LogP contribution < -0.4 is 16.8 Å². The van der Waals surface area contributed by atoms with Gasteiger partial charge in [-0.05, 0) is 31.3 Å². The van der Waals surface area contributed by atoms with Crippen molar-refractivity contribution in [2.24, 2.45) is 0 Å². The first-order valence-electron chi connectivity index (χ1n) is 6.42. The maximum absolute atomic E-state index is 11.9. The van der Waals surface area contributed by atoms with Crippen molar-refractivity contribution in [3.8, 4) is 0 Å². The van der Waals surface area contributed by atoms with E-state index in [1.54, 1.807) is 36.2 Å². The molecule has 0 fully saturated rings. The van der Waals surface area contributed by atoms with Gasteiger partial charge in [0.15, 0.2) is 0 Å². The van der Waals surface area contributed by atoms with Crippen LogP contribution in [-0.4, -0.2) is 39.4 Å². The van der Waals surface area contributed by atoms with E-state index in [4.69, 9.17) is 23.1 Å². The number of hydrogen-bond acceptors (Lipinski definition) is 7. The van der Waals surface area contributed by atoms with E-state index in [2.05, 4.69) is 20.3 Å². The SMILES string of the molecule is CN(CC(=O)Nc1ccc(Cl)cc1)Cc1nc(N)nc(N)n1. The molecule has 0 aliphatic heterocycles. The molecule has 0 spiro atoms. The Morgan fingerprint density at radius 2 is 1.77 bits per heavy atom. The average molecular weight is 322 g/mol. The molecule has 0 aliphatic rings. The molecule has 8 nitrogen and oxygen atoms in total. The Kier molecular flexibility index (Phi) is 5.08. The highest BCUT2D eigenvalue weighted by molar-refractivity contribution is 6.30. The molecule has 0 radical (unpaired) electrons. The summed E-state index contributed by atoms with van der Waals surface area (Å²) in [4.78, 5) is 25.3. The van der Waals surface area contributed by atoms with Crippen molar-refractivity contribution in [3.63, 3.8) is 0 Å². The van der Waals surface area contributed by atoms with E-state index >= 15 is 0 Å². The van der Waals surface area contributed by atoms with Crippen LogP contribution in [0.1, 0.15) is 5.82 Å². The lowest BCUT2D eigenvalue weighted by molar-refractivity contribution is -0.117. The molecule has 0 bridgehead atoms. The molecular formula is C13H16ClN7O. The molecular weight excluding hydrogens is 306 g/mol. The molecule has 0 saturated heterocycles. The summed E-state index contributed by atoms with van der Waals surface area (Å²) in [7, 11) is 1.76. The number of halogens is 1. The molecule has 1 aromatic carbocycles. The van der Waals surface area contributed by atoms with Gasteiger partial charge in [0, 0.05) is 10.7 Å². The number of hydrogen-bond donors (Lipinski definition) is 3. The van der Waals surface area contributed by atoms with E-state index in [9.17, 15) is 4.79 Å². The minimum Gasteiger partial charge on any atom is -0.368 e. The number of carbonyl (C=O) groups excluding carboxylic acids is 1. The number of amides is 1. The van der Waals surface area contributed by atoms with Crippen molar-refractivity contribution < 1.29 is 4.79 Å². The van der Waals surface area contributed by atoms with Crippen molar-refractivity contribution in [2.75, 3.05) is 30.4 Å². The molecule has 0 saturated carbocycles. The number of benzene rings is 1. The van der Waals surface area contributed by atoms with Gasteiger partial charge < -0.3 is 16.8 Å². The van der Waals surface area contributed by atoms with Crippen molar-refractivity contribution in [2.45, 2.75) is 6.54 Å². The molecule has 1 amide bonds. The van der Waals surface area contributed by atoms with Gasteiger partial charge >= 0.3 is 0 Å². The summed E-state index contributed by atoms with van der Waals surface area (Å²) in [5, 5.41) is 3.38. The smallest absolute Gasteiger partial charge is 0.238 e. The van der Waals surface area contributed by atoms with Crippen LogP contribution in [0.4, 0.5) is 17.6 Å². The van der Waals surface area contributed by atoms with E-state index in [0.29, 0.717) is 23.1 Å². The van der Waals surface area contributed by atoms with Gasteiger partial charge in [0.1, 0.15) is 5.82 Å². The summed E-state index contributed by atoms with van der Waals surface area (Å²) in [6, 6.07) is 6.87. The van der Waals surface area contributed by atoms with Crippen LogP contribution in [0.5, 0.6) is 0 Å². The lowest BCUT2D eigenvalue weighted by Crippen LogP contribution is -2.30. The Labute approximate surface area is 132 Å². The molecule has 9 heteroatoms. The Balaban J connectivity index is 1.89. The third kappa shape index (κ3) is 4.83. The van der Waals surface area contributed by atoms with Crippen molar-refractivity contribution in [1.29, 1.82) is 0 Å². The number of aromatic nitrogens is 3. The first-order chi connectivity index (χ1) is 10.4. The van der Waals surface area contributed by atoms with Crippen molar-refractivity contribution in [1.82, 2.24) is 19.9 Å². The zero-order chi connectivity index (χ0) is 16.1. The quantitative estimate of drug-likeness (QED) is 0.742. The number of nitrogens with two attached hydrogens (primary N) is 2. The van der Waals surface area contributed by atoms with Crippen LogP contribution in [0, 0.1) is 0 Å². The van der Waals surface area contributed by atoms with E-state index < -0.39 is 0 Å². The van der Waals surface area contributed by atoms with Gasteiger partial charge in [-0.25, -0.2) is 0 Å². The largest absolute Gasteiger partial charge is 0.368 e. The number of anilines is 3. The number of nitrogens with one attached hydrogen (secondary N) is 1. The summed E-state index contributed by atoms with van der Waals surface area (Å²) >= 11 is 5.79. The standard InChI is InChI=1S/C13H16ClN7O/c1-21(6-10-18-12(15)20-13(16)19-10)7-11(22)17-9-4-2-8(14)3-5-9/h2-5H,6-7H2,1H3,(H,17,22)(H4,15,16,18,19,20). The second kappa shape index (κ2) is 7.01. The highest BCUT2D eigenvalue weighted by Gasteiger charge is 2.10. The second-order valence-corrected chi connectivity index (χ2v) is 5.13. The predicted molar refractivity (Wildman–Crippen MR) is 85.1 cm³/mol. The first-order valence-corrected chi connectivity index (χ1v) is 6.80. The fraction of sp³-hybridized carbons (Fsp3) is 0.231. The average Bonchev–Trinajstić information content (AvgIpc) is 2.39. The normalized spacial score (nSPS) is 10.7. The number of nitrogens with zero attached hydrogens (tertiary/aromatic N) is 4. The van der Waals surface area contributed by atoms with Gasteiger partial charge in [0.25, 0.3) is 0 Å². The van der Waals surface area contributed by atoms with E-state index in [1.807, 2.05) is 0 Å². The Bertz CT molecular complexity index is 642. The zero-order valence-corrected chi connectivity index (χ0v) is 12.7. The van der Waals surface area contributed by atoms with Gasteiger partial charge in [-0.15, -0.1) is 0 Å². The molecule has 0 atom stereocenters. The van der Waals surface area contributed by atoms with Crippen LogP contribution in [-0.2, 0) is 11.3 Å². The van der Waals surface area contributed by atoms with Gasteiger partial charge in [-0.3, -0.25) is 9.69 Å². The molecule has 116 valence electrons. The van der Waals surface area contributed by atoms with E-state index in [-0.39, 0.29) is 24.3 Å². The lowest BCUT2D eigenvalue weighted by Gasteiger charge is -2.15. The van der Waals surface area contributed by atoms with Crippen LogP contribution >= 0.6 is 11.6 Å². The summed E-state index contributed by atoms with van der Waals surface area (Å²) in [6.45, 7) is 0.485. The topological polar surface area (TPSA) is 123 Å². The number of carbonyl (C=O) groups is 1. The van der Waals surface area contributed by atoms with Gasteiger partial charge in [0.2, 0.25) is 17.8 Å². The van der Waals surface area contributed by atoms with Crippen LogP contribution in [0.15, 0.2) is 24.3 Å². The molecule has 5 N–H and O–H groups in total. The van der Waals surface area contributed by atoms with Crippen LogP contribution in [0.2, 0.25) is 5.02 Å². The fourth-order valence-electron chi connectivity index (χ4n) is 1.80. The number of rotatable bonds is 5. The molecule has 2 rings (SSSR count). The highest BCUT2D eigenvalue weighted by atomic mass is 35.5. The molecule has 2 aromatic rings. The highest BCUT2D eigenvalue weighted by Crippen LogP contribution is 2.13. The Morgan fingerprint density at radius 3 is 2.36 bits per heavy atom. The summed E-state index contributed by atoms with van der Waals surface area (Å²) in [6.07, 6.45) is 0. The summed E-state index contributed by atoms with van der Waals surface area (Å²) < 4.78 is 0. The maximum atomic E-state index is 11.9. The van der Waals surface area contributed by atoms with Gasteiger partial charge in [-0.2, -0.15) is 15.0 Å². The number of likely N-dealkylation sites (N-methyl/N-ethyl adjacent to an activating group) is 1. The number of nitrogen functional groups attached to an aromatic ring is 2. The van der Waals surface area contributed by atoms with E-state index in [0.717, 1.165) is 0 Å². The maximum Gasteiger partial charge on any atom is 0.238 e. The van der Waals surface area contributed by atoms with E-state index in [1.165, 1.54) is 0 Å². The monoisotopic (exact) mass is 321 g/mol. The minimum atomic E-state index is -0.167. The van der Waals surface area contributed by atoms with Gasteiger partial charge in [-0.1, -0.05) is 11.6 Å². The molecule has 0 unspecified atom stereocenters. The molecule has 1 heterocycles. The third-order valence-electron chi connectivity index (χ3n) is 2.67.